The highest BCUT2D eigenvalue weighted by Gasteiger charge is 2.28. The summed E-state index contributed by atoms with van der Waals surface area (Å²) in [7, 11) is 1.74. The minimum atomic E-state index is -0.641. The number of nitrogens with two attached hydrogens (primary N) is 1. The van der Waals surface area contributed by atoms with Crippen molar-refractivity contribution in [3.63, 3.8) is 0 Å². The molecule has 0 aromatic heterocycles. The first-order valence-corrected chi connectivity index (χ1v) is 10.8. The molecule has 2 aromatic carbocycles. The lowest BCUT2D eigenvalue weighted by Gasteiger charge is -2.34. The van der Waals surface area contributed by atoms with Crippen LogP contribution in [0.25, 0.3) is 0 Å². The van der Waals surface area contributed by atoms with E-state index in [2.05, 4.69) is 5.32 Å². The van der Waals surface area contributed by atoms with Crippen molar-refractivity contribution < 1.29 is 19.5 Å². The lowest BCUT2D eigenvalue weighted by molar-refractivity contribution is -0.133. The summed E-state index contributed by atoms with van der Waals surface area (Å²) in [5.74, 6) is -0.0597. The van der Waals surface area contributed by atoms with Gasteiger partial charge >= 0.3 is 0 Å². The molecule has 4 N–H and O–H groups in total. The lowest BCUT2D eigenvalue weighted by Crippen LogP contribution is -2.51. The van der Waals surface area contributed by atoms with Gasteiger partial charge in [0.05, 0.1) is 12.5 Å². The van der Waals surface area contributed by atoms with E-state index in [1.165, 1.54) is 0 Å². The summed E-state index contributed by atoms with van der Waals surface area (Å²) < 4.78 is 0. The fourth-order valence-corrected chi connectivity index (χ4v) is 4.33. The van der Waals surface area contributed by atoms with Crippen LogP contribution in [0.4, 0.5) is 5.69 Å². The predicted octanol–water partition coefficient (Wildman–Crippen LogP) is 1.20. The van der Waals surface area contributed by atoms with Crippen LogP contribution in [0.1, 0.15) is 34.3 Å². The predicted molar refractivity (Wildman–Crippen MR) is 120 cm³/mol. The van der Waals surface area contributed by atoms with Crippen LogP contribution >= 0.6 is 0 Å². The van der Waals surface area contributed by atoms with Crippen molar-refractivity contribution in [2.75, 3.05) is 25.0 Å². The first-order valence-electron chi connectivity index (χ1n) is 10.8. The standard InChI is InChI=1S/C24H28N4O4/c1-27-21-7-4-16(13-17(21)14-22(27)30)23(31)26-18-8-10-28(11-9-18)24(32)20(25)12-15-2-5-19(29)6-3-15/h2-7,13,18,20,29H,8-12,14,25H2,1H3,(H,26,31)/t20-/m0/s1. The number of amides is 3. The molecule has 0 bridgehead atoms. The van der Waals surface area contributed by atoms with Crippen molar-refractivity contribution in [3.8, 4) is 5.75 Å². The molecule has 0 aliphatic carbocycles. The second kappa shape index (κ2) is 9.00. The van der Waals surface area contributed by atoms with Crippen molar-refractivity contribution in [1.29, 1.82) is 0 Å². The normalized spacial score (nSPS) is 17.2. The van der Waals surface area contributed by atoms with Gasteiger partial charge in [0, 0.05) is 37.4 Å². The lowest BCUT2D eigenvalue weighted by atomic mass is 10.0. The fourth-order valence-electron chi connectivity index (χ4n) is 4.33. The van der Waals surface area contributed by atoms with Gasteiger partial charge in [-0.2, -0.15) is 0 Å². The molecule has 1 fully saturated rings. The third-order valence-corrected chi connectivity index (χ3v) is 6.27. The monoisotopic (exact) mass is 436 g/mol. The van der Waals surface area contributed by atoms with Gasteiger partial charge in [-0.25, -0.2) is 0 Å². The van der Waals surface area contributed by atoms with Crippen LogP contribution < -0.4 is 16.0 Å². The highest BCUT2D eigenvalue weighted by molar-refractivity contribution is 6.03. The number of nitrogens with one attached hydrogen (secondary N) is 1. The molecule has 2 aliphatic rings. The SMILES string of the molecule is CN1C(=O)Cc2cc(C(=O)NC3CCN(C(=O)[C@@H](N)Cc4ccc(O)cc4)CC3)ccc21. The first kappa shape index (κ1) is 21.8. The van der Waals surface area contributed by atoms with Crippen LogP contribution in [0.3, 0.4) is 0 Å². The van der Waals surface area contributed by atoms with E-state index >= 15 is 0 Å². The quantitative estimate of drug-likeness (QED) is 0.651. The number of hydrogen-bond acceptors (Lipinski definition) is 5. The number of fused-ring (bicyclic) bond motifs is 1. The zero-order chi connectivity index (χ0) is 22.8. The second-order valence-corrected chi connectivity index (χ2v) is 8.52. The van der Waals surface area contributed by atoms with E-state index in [0.29, 0.717) is 44.3 Å². The summed E-state index contributed by atoms with van der Waals surface area (Å²) in [5.41, 5.74) is 9.28. The zero-order valence-corrected chi connectivity index (χ0v) is 18.1. The van der Waals surface area contributed by atoms with Crippen LogP contribution in [0.2, 0.25) is 0 Å². The average Bonchev–Trinajstić information content (AvgIpc) is 3.08. The maximum absolute atomic E-state index is 12.7. The highest BCUT2D eigenvalue weighted by atomic mass is 16.3. The van der Waals surface area contributed by atoms with Gasteiger partial charge in [0.1, 0.15) is 5.75 Å². The van der Waals surface area contributed by atoms with Gasteiger partial charge in [-0.05, 0) is 60.7 Å². The van der Waals surface area contributed by atoms with E-state index in [0.717, 1.165) is 16.8 Å². The summed E-state index contributed by atoms with van der Waals surface area (Å²) in [6, 6.07) is 11.4. The van der Waals surface area contributed by atoms with Crippen molar-refractivity contribution in [3.05, 3.63) is 59.2 Å². The molecule has 3 amide bonds. The Morgan fingerprint density at radius 2 is 1.84 bits per heavy atom. The Kier molecular flexibility index (Phi) is 6.14. The molecular formula is C24H28N4O4. The van der Waals surface area contributed by atoms with Gasteiger partial charge < -0.3 is 26.0 Å². The molecular weight excluding hydrogens is 408 g/mol. The molecule has 0 radical (unpaired) electrons. The second-order valence-electron chi connectivity index (χ2n) is 8.52. The van der Waals surface area contributed by atoms with Crippen molar-refractivity contribution in [2.24, 2.45) is 5.73 Å². The molecule has 4 rings (SSSR count). The number of nitrogens with zero attached hydrogens (tertiary/aromatic N) is 2. The third kappa shape index (κ3) is 4.60. The van der Waals surface area contributed by atoms with Gasteiger partial charge in [-0.3, -0.25) is 14.4 Å². The summed E-state index contributed by atoms with van der Waals surface area (Å²) in [4.78, 5) is 40.6. The largest absolute Gasteiger partial charge is 0.508 e. The van der Waals surface area contributed by atoms with Gasteiger partial charge in [-0.15, -0.1) is 0 Å². The molecule has 1 atom stereocenters. The molecule has 2 aliphatic heterocycles. The molecule has 8 heteroatoms. The van der Waals surface area contributed by atoms with Crippen LogP contribution in [-0.2, 0) is 22.4 Å². The van der Waals surface area contributed by atoms with E-state index in [-0.39, 0.29) is 29.5 Å². The summed E-state index contributed by atoms with van der Waals surface area (Å²) in [6.07, 6.45) is 2.05. The molecule has 8 nitrogen and oxygen atoms in total. The average molecular weight is 437 g/mol. The number of aromatic hydroxyl groups is 1. The Morgan fingerprint density at radius 3 is 2.53 bits per heavy atom. The number of phenolic OH excluding ortho intramolecular Hbond substituents is 1. The molecule has 2 heterocycles. The van der Waals surface area contributed by atoms with Crippen molar-refractivity contribution in [1.82, 2.24) is 10.2 Å². The number of hydrogen-bond donors (Lipinski definition) is 3. The highest BCUT2D eigenvalue weighted by Crippen LogP contribution is 2.28. The molecule has 0 saturated carbocycles. The van der Waals surface area contributed by atoms with Crippen molar-refractivity contribution in [2.45, 2.75) is 37.8 Å². The maximum Gasteiger partial charge on any atom is 0.251 e. The number of piperidine rings is 1. The third-order valence-electron chi connectivity index (χ3n) is 6.27. The van der Waals surface area contributed by atoms with E-state index in [1.54, 1.807) is 53.2 Å². The van der Waals surface area contributed by atoms with E-state index in [9.17, 15) is 19.5 Å². The molecule has 32 heavy (non-hydrogen) atoms. The molecule has 0 unspecified atom stereocenters. The van der Waals surface area contributed by atoms with Gasteiger partial charge in [0.2, 0.25) is 11.8 Å². The molecule has 1 saturated heterocycles. The number of phenols is 1. The van der Waals surface area contributed by atoms with Crippen molar-refractivity contribution >= 4 is 23.4 Å². The molecule has 0 spiro atoms. The Bertz CT molecular complexity index is 1030. The number of carbonyl (C=O) groups excluding carboxylic acids is 3. The van der Waals surface area contributed by atoms with Gasteiger partial charge in [-0.1, -0.05) is 12.1 Å². The smallest absolute Gasteiger partial charge is 0.251 e. The number of rotatable bonds is 5. The number of likely N-dealkylation sites (N-methyl/N-ethyl adjacent to an activating group) is 1. The number of carbonyl (C=O) groups is 3. The number of anilines is 1. The molecule has 2 aromatic rings. The number of likely N-dealkylation sites (tertiary alicyclic amines) is 1. The van der Waals surface area contributed by atoms with Crippen LogP contribution in [-0.4, -0.2) is 59.9 Å². The summed E-state index contributed by atoms with van der Waals surface area (Å²) in [6.45, 7) is 1.08. The Hall–Kier alpha value is -3.39. The van der Waals surface area contributed by atoms with E-state index in [1.807, 2.05) is 6.07 Å². The topological polar surface area (TPSA) is 116 Å². The Labute approximate surface area is 187 Å². The number of benzene rings is 2. The van der Waals surface area contributed by atoms with Crippen LogP contribution in [0.15, 0.2) is 42.5 Å². The minimum absolute atomic E-state index is 0.0163. The van der Waals surface area contributed by atoms with Crippen LogP contribution in [0.5, 0.6) is 5.75 Å². The Balaban J connectivity index is 1.28. The maximum atomic E-state index is 12.7. The summed E-state index contributed by atoms with van der Waals surface area (Å²) >= 11 is 0. The Morgan fingerprint density at radius 1 is 1.16 bits per heavy atom. The zero-order valence-electron chi connectivity index (χ0n) is 18.1. The molecule has 168 valence electrons. The summed E-state index contributed by atoms with van der Waals surface area (Å²) in [5, 5.41) is 12.4. The van der Waals surface area contributed by atoms with E-state index in [4.69, 9.17) is 5.73 Å². The van der Waals surface area contributed by atoms with Gasteiger partial charge in [0.15, 0.2) is 0 Å². The van der Waals surface area contributed by atoms with E-state index < -0.39 is 6.04 Å². The van der Waals surface area contributed by atoms with Crippen LogP contribution in [0, 0.1) is 0 Å². The minimum Gasteiger partial charge on any atom is -0.508 e. The fraction of sp³-hybridized carbons (Fsp3) is 0.375. The van der Waals surface area contributed by atoms with Gasteiger partial charge in [0.25, 0.3) is 5.91 Å². The first-order chi connectivity index (χ1) is 15.3.